The van der Waals surface area contributed by atoms with Crippen molar-refractivity contribution in [2.75, 3.05) is 32.8 Å². The average molecular weight is 408 g/mol. The number of aryl methyl sites for hydroxylation is 1. The number of anilines is 1. The minimum atomic E-state index is -0.652. The first-order chi connectivity index (χ1) is 14.3. The molecule has 0 aromatic heterocycles. The number of carbonyl (C=O) groups is 1. The molecule has 6 nitrogen and oxygen atoms in total. The second-order valence-corrected chi connectivity index (χ2v) is 8.34. The fourth-order valence-electron chi connectivity index (χ4n) is 4.70. The van der Waals surface area contributed by atoms with E-state index in [-0.39, 0.29) is 11.3 Å². The monoisotopic (exact) mass is 408 g/mol. The Kier molecular flexibility index (Phi) is 4.68. The third kappa shape index (κ3) is 2.74. The SMILES string of the molecule is COc1cc(C=C[C@@]23NC(=O)CN2c2ccc(C)cc2C3(C)C)cc(OC)c1OC. The van der Waals surface area contributed by atoms with Gasteiger partial charge >= 0.3 is 0 Å². The number of amides is 1. The minimum Gasteiger partial charge on any atom is -0.493 e. The third-order valence-corrected chi connectivity index (χ3v) is 6.33. The lowest BCUT2D eigenvalue weighted by atomic mass is 9.75. The van der Waals surface area contributed by atoms with Gasteiger partial charge in [-0.15, -0.1) is 0 Å². The Balaban J connectivity index is 1.82. The molecule has 6 heteroatoms. The Morgan fingerprint density at radius 3 is 2.30 bits per heavy atom. The Hall–Kier alpha value is -3.15. The number of methoxy groups -OCH3 is 3. The predicted molar refractivity (Wildman–Crippen MR) is 118 cm³/mol. The van der Waals surface area contributed by atoms with E-state index in [2.05, 4.69) is 55.3 Å². The van der Waals surface area contributed by atoms with Crippen molar-refractivity contribution in [1.29, 1.82) is 0 Å². The van der Waals surface area contributed by atoms with Crippen molar-refractivity contribution < 1.29 is 19.0 Å². The first-order valence-electron chi connectivity index (χ1n) is 9.96. The zero-order chi connectivity index (χ0) is 21.7. The van der Waals surface area contributed by atoms with E-state index in [9.17, 15) is 4.79 Å². The molecular weight excluding hydrogens is 380 g/mol. The maximum atomic E-state index is 12.5. The lowest BCUT2D eigenvalue weighted by Gasteiger charge is -2.40. The summed E-state index contributed by atoms with van der Waals surface area (Å²) < 4.78 is 16.4. The molecule has 2 aromatic rings. The third-order valence-electron chi connectivity index (χ3n) is 6.33. The summed E-state index contributed by atoms with van der Waals surface area (Å²) in [7, 11) is 4.78. The quantitative estimate of drug-likeness (QED) is 0.818. The van der Waals surface area contributed by atoms with Gasteiger partial charge in [0.05, 0.1) is 27.9 Å². The molecule has 4 rings (SSSR count). The van der Waals surface area contributed by atoms with Crippen molar-refractivity contribution in [2.24, 2.45) is 0 Å². The minimum absolute atomic E-state index is 0.0174. The number of rotatable bonds is 5. The highest BCUT2D eigenvalue weighted by molar-refractivity contribution is 5.91. The van der Waals surface area contributed by atoms with Crippen LogP contribution in [0.3, 0.4) is 0 Å². The number of ether oxygens (including phenoxy) is 3. The number of carbonyl (C=O) groups excluding carboxylic acids is 1. The molecule has 1 fully saturated rings. The number of hydrogen-bond acceptors (Lipinski definition) is 5. The fourth-order valence-corrected chi connectivity index (χ4v) is 4.70. The van der Waals surface area contributed by atoms with Crippen LogP contribution in [-0.4, -0.2) is 39.4 Å². The summed E-state index contributed by atoms with van der Waals surface area (Å²) in [5.74, 6) is 1.75. The normalized spacial score (nSPS) is 21.4. The highest BCUT2D eigenvalue weighted by Crippen LogP contribution is 2.53. The second kappa shape index (κ2) is 6.97. The maximum absolute atomic E-state index is 12.5. The highest BCUT2D eigenvalue weighted by Gasteiger charge is 2.59. The van der Waals surface area contributed by atoms with Crippen molar-refractivity contribution >= 4 is 17.7 Å². The van der Waals surface area contributed by atoms with Crippen LogP contribution in [0.25, 0.3) is 6.08 Å². The molecule has 2 aliphatic heterocycles. The summed E-state index contributed by atoms with van der Waals surface area (Å²) in [6.07, 6.45) is 4.08. The summed E-state index contributed by atoms with van der Waals surface area (Å²) in [5.41, 5.74) is 3.45. The van der Waals surface area contributed by atoms with Crippen LogP contribution in [0.1, 0.15) is 30.5 Å². The zero-order valence-electron chi connectivity index (χ0n) is 18.3. The Labute approximate surface area is 177 Å². The highest BCUT2D eigenvalue weighted by atomic mass is 16.5. The zero-order valence-corrected chi connectivity index (χ0v) is 18.3. The molecule has 2 aliphatic rings. The van der Waals surface area contributed by atoms with Crippen LogP contribution >= 0.6 is 0 Å². The molecular formula is C24H28N2O4. The van der Waals surface area contributed by atoms with Crippen LogP contribution in [0.15, 0.2) is 36.4 Å². The molecule has 30 heavy (non-hydrogen) atoms. The maximum Gasteiger partial charge on any atom is 0.241 e. The van der Waals surface area contributed by atoms with E-state index in [4.69, 9.17) is 14.2 Å². The van der Waals surface area contributed by atoms with E-state index in [1.54, 1.807) is 21.3 Å². The molecule has 1 saturated heterocycles. The smallest absolute Gasteiger partial charge is 0.241 e. The number of benzene rings is 2. The van der Waals surface area contributed by atoms with Gasteiger partial charge in [0, 0.05) is 11.1 Å². The molecule has 1 atom stereocenters. The van der Waals surface area contributed by atoms with Crippen molar-refractivity contribution in [3.63, 3.8) is 0 Å². The number of fused-ring (bicyclic) bond motifs is 3. The molecule has 0 unspecified atom stereocenters. The Morgan fingerprint density at radius 2 is 1.70 bits per heavy atom. The topological polar surface area (TPSA) is 60.0 Å². The fraction of sp³-hybridized carbons (Fsp3) is 0.375. The molecule has 0 saturated carbocycles. The predicted octanol–water partition coefficient (Wildman–Crippen LogP) is 3.66. The molecule has 1 N–H and O–H groups in total. The van der Waals surface area contributed by atoms with E-state index in [0.717, 1.165) is 11.3 Å². The molecule has 0 radical (unpaired) electrons. The molecule has 0 aliphatic carbocycles. The van der Waals surface area contributed by atoms with E-state index < -0.39 is 5.66 Å². The van der Waals surface area contributed by atoms with Crippen LogP contribution in [-0.2, 0) is 10.2 Å². The van der Waals surface area contributed by atoms with Crippen LogP contribution in [0.5, 0.6) is 17.2 Å². The van der Waals surface area contributed by atoms with Gasteiger partial charge in [0.1, 0.15) is 5.66 Å². The molecule has 0 bridgehead atoms. The van der Waals surface area contributed by atoms with Gasteiger partial charge in [-0.2, -0.15) is 0 Å². The van der Waals surface area contributed by atoms with Crippen molar-refractivity contribution in [3.05, 3.63) is 53.1 Å². The van der Waals surface area contributed by atoms with Crippen LogP contribution in [0, 0.1) is 6.92 Å². The van der Waals surface area contributed by atoms with Crippen molar-refractivity contribution in [3.8, 4) is 17.2 Å². The van der Waals surface area contributed by atoms with Crippen LogP contribution in [0.4, 0.5) is 5.69 Å². The summed E-state index contributed by atoms with van der Waals surface area (Å²) in [6.45, 7) is 6.78. The van der Waals surface area contributed by atoms with Gasteiger partial charge in [-0.25, -0.2) is 0 Å². The van der Waals surface area contributed by atoms with E-state index >= 15 is 0 Å². The molecule has 2 heterocycles. The van der Waals surface area contributed by atoms with Gasteiger partial charge in [0.25, 0.3) is 0 Å². The lowest BCUT2D eigenvalue weighted by Crippen LogP contribution is -2.58. The van der Waals surface area contributed by atoms with Gasteiger partial charge in [-0.05, 0) is 42.3 Å². The average Bonchev–Trinajstić information content (AvgIpc) is 3.15. The van der Waals surface area contributed by atoms with Gasteiger partial charge in [0.2, 0.25) is 11.7 Å². The van der Waals surface area contributed by atoms with E-state index in [1.807, 2.05) is 18.2 Å². The summed E-state index contributed by atoms with van der Waals surface area (Å²) >= 11 is 0. The number of nitrogens with one attached hydrogen (secondary N) is 1. The Bertz CT molecular complexity index is 1020. The Morgan fingerprint density at radius 1 is 1.03 bits per heavy atom. The number of hydrogen-bond donors (Lipinski definition) is 1. The van der Waals surface area contributed by atoms with Gasteiger partial charge in [-0.3, -0.25) is 4.79 Å². The second-order valence-electron chi connectivity index (χ2n) is 8.34. The summed E-state index contributed by atoms with van der Waals surface area (Å²) in [4.78, 5) is 14.6. The van der Waals surface area contributed by atoms with Gasteiger partial charge < -0.3 is 24.4 Å². The number of nitrogens with zero attached hydrogens (tertiary/aromatic N) is 1. The van der Waals surface area contributed by atoms with Gasteiger partial charge in [-0.1, -0.05) is 37.6 Å². The molecule has 1 amide bonds. The summed E-state index contributed by atoms with van der Waals surface area (Å²) in [6, 6.07) is 10.2. The van der Waals surface area contributed by atoms with Crippen molar-refractivity contribution in [1.82, 2.24) is 5.32 Å². The molecule has 2 aromatic carbocycles. The van der Waals surface area contributed by atoms with E-state index in [1.165, 1.54) is 11.1 Å². The van der Waals surface area contributed by atoms with Crippen LogP contribution < -0.4 is 24.4 Å². The largest absolute Gasteiger partial charge is 0.493 e. The molecule has 158 valence electrons. The molecule has 0 spiro atoms. The standard InChI is InChI=1S/C24H28N2O4/c1-15-7-8-18-17(11-15)23(2,3)24(25-21(27)14-26(18)24)10-9-16-12-19(28-4)22(30-6)20(13-16)29-5/h7-13H,14H2,1-6H3,(H,25,27)/t24-/m1/s1. The first-order valence-corrected chi connectivity index (χ1v) is 9.96. The lowest BCUT2D eigenvalue weighted by molar-refractivity contribution is -0.118. The van der Waals surface area contributed by atoms with Gasteiger partial charge in [0.15, 0.2) is 11.5 Å². The van der Waals surface area contributed by atoms with Crippen molar-refractivity contribution in [2.45, 2.75) is 31.8 Å². The van der Waals surface area contributed by atoms with Crippen LogP contribution in [0.2, 0.25) is 0 Å². The first kappa shape index (κ1) is 20.1. The summed E-state index contributed by atoms with van der Waals surface area (Å²) in [5, 5.41) is 3.25. The van der Waals surface area contributed by atoms with E-state index in [0.29, 0.717) is 23.8 Å².